The van der Waals surface area contributed by atoms with Gasteiger partial charge in [0.05, 0.1) is 6.61 Å². The molecule has 0 saturated heterocycles. The van der Waals surface area contributed by atoms with Crippen LogP contribution >= 0.6 is 0 Å². The fourth-order valence-corrected chi connectivity index (χ4v) is 3.40. The van der Waals surface area contributed by atoms with Gasteiger partial charge in [-0.25, -0.2) is 9.18 Å². The molecule has 1 atom stereocenters. The van der Waals surface area contributed by atoms with E-state index in [0.29, 0.717) is 12.8 Å². The molecule has 172 valence electrons. The number of carbonyl (C=O) groups is 1. The first-order chi connectivity index (χ1) is 14.5. The molecule has 0 aliphatic rings. The lowest BCUT2D eigenvalue weighted by Gasteiger charge is -2.23. The minimum Gasteiger partial charge on any atom is -0.464 e. The topological polar surface area (TPSA) is 78.9 Å². The van der Waals surface area contributed by atoms with Crippen LogP contribution in [0.25, 0.3) is 10.8 Å². The van der Waals surface area contributed by atoms with E-state index in [2.05, 4.69) is 4.18 Å². The van der Waals surface area contributed by atoms with Gasteiger partial charge in [0.15, 0.2) is 11.9 Å². The van der Waals surface area contributed by atoms with Crippen molar-refractivity contribution in [3.63, 3.8) is 0 Å². The van der Waals surface area contributed by atoms with Crippen LogP contribution in [0.15, 0.2) is 24.3 Å². The molecule has 0 aliphatic heterocycles. The molecule has 31 heavy (non-hydrogen) atoms. The zero-order chi connectivity index (χ0) is 23.4. The fourth-order valence-electron chi connectivity index (χ4n) is 2.90. The molecular formula is C20H22F4O6S. The number of halogens is 4. The average Bonchev–Trinajstić information content (AvgIpc) is 2.69. The summed E-state index contributed by atoms with van der Waals surface area (Å²) in [5.41, 5.74) is -6.50. The molecule has 0 heterocycles. The number of hydrogen-bond acceptors (Lipinski definition) is 6. The van der Waals surface area contributed by atoms with Crippen LogP contribution in [0.4, 0.5) is 17.6 Å². The van der Waals surface area contributed by atoms with Gasteiger partial charge in [-0.3, -0.25) is 0 Å². The summed E-state index contributed by atoms with van der Waals surface area (Å²) in [6, 6.07) is 5.24. The first-order valence-electron chi connectivity index (χ1n) is 9.45. The fraction of sp³-hybridized carbons (Fsp3) is 0.450. The van der Waals surface area contributed by atoms with Gasteiger partial charge >= 0.3 is 21.6 Å². The summed E-state index contributed by atoms with van der Waals surface area (Å²) in [6.07, 6.45) is -0.530. The number of esters is 1. The molecule has 0 aliphatic carbocycles. The third kappa shape index (κ3) is 5.27. The minimum absolute atomic E-state index is 0.000667. The van der Waals surface area contributed by atoms with Gasteiger partial charge in [-0.05, 0) is 25.8 Å². The molecule has 2 aromatic rings. The average molecular weight is 466 g/mol. The monoisotopic (exact) mass is 466 g/mol. The number of rotatable bonds is 9. The van der Waals surface area contributed by atoms with E-state index < -0.39 is 44.8 Å². The van der Waals surface area contributed by atoms with E-state index in [1.807, 2.05) is 6.92 Å². The van der Waals surface area contributed by atoms with Crippen LogP contribution in [0.5, 0.6) is 5.75 Å². The van der Waals surface area contributed by atoms with Crippen molar-refractivity contribution < 1.29 is 44.4 Å². The largest absolute Gasteiger partial charge is 0.534 e. The number of alkyl halides is 3. The molecule has 0 aromatic heterocycles. The van der Waals surface area contributed by atoms with Crippen LogP contribution in [0.3, 0.4) is 0 Å². The summed E-state index contributed by atoms with van der Waals surface area (Å²) in [7, 11) is -6.12. The SMILES string of the molecule is CCCCOC(C(=O)OCC)c1c(C)c(F)c2ccccc2c1OS(=O)(=O)C(F)(F)F. The first-order valence-corrected chi connectivity index (χ1v) is 10.9. The van der Waals surface area contributed by atoms with Gasteiger partial charge in [-0.2, -0.15) is 21.6 Å². The van der Waals surface area contributed by atoms with Crippen molar-refractivity contribution in [2.75, 3.05) is 13.2 Å². The van der Waals surface area contributed by atoms with Gasteiger partial charge < -0.3 is 13.7 Å². The second kappa shape index (κ2) is 9.82. The maximum atomic E-state index is 15.1. The Morgan fingerprint density at radius 1 is 1.13 bits per heavy atom. The van der Waals surface area contributed by atoms with Crippen molar-refractivity contribution in [3.8, 4) is 5.75 Å². The lowest BCUT2D eigenvalue weighted by Crippen LogP contribution is -2.29. The molecular weight excluding hydrogens is 444 g/mol. The number of fused-ring (bicyclic) bond motifs is 1. The number of ether oxygens (including phenoxy) is 2. The smallest absolute Gasteiger partial charge is 0.464 e. The summed E-state index contributed by atoms with van der Waals surface area (Å²) < 4.78 is 92.7. The van der Waals surface area contributed by atoms with Crippen LogP contribution in [0.2, 0.25) is 0 Å². The number of unbranched alkanes of at least 4 members (excludes halogenated alkanes) is 1. The van der Waals surface area contributed by atoms with Gasteiger partial charge in [0.2, 0.25) is 0 Å². The third-order valence-corrected chi connectivity index (χ3v) is 5.36. The predicted molar refractivity (Wildman–Crippen MR) is 104 cm³/mol. The molecule has 0 N–H and O–H groups in total. The predicted octanol–water partition coefficient (Wildman–Crippen LogP) is 4.94. The van der Waals surface area contributed by atoms with Crippen molar-refractivity contribution in [1.82, 2.24) is 0 Å². The Balaban J connectivity index is 2.83. The Morgan fingerprint density at radius 3 is 2.29 bits per heavy atom. The van der Waals surface area contributed by atoms with E-state index in [-0.39, 0.29) is 29.5 Å². The quantitative estimate of drug-likeness (QED) is 0.171. The van der Waals surface area contributed by atoms with E-state index in [9.17, 15) is 26.4 Å². The molecule has 6 nitrogen and oxygen atoms in total. The van der Waals surface area contributed by atoms with E-state index in [1.165, 1.54) is 38.1 Å². The normalized spacial score (nSPS) is 13.3. The molecule has 0 spiro atoms. The van der Waals surface area contributed by atoms with E-state index in [1.54, 1.807) is 0 Å². The maximum absolute atomic E-state index is 15.1. The Hall–Kier alpha value is -2.40. The molecule has 1 unspecified atom stereocenters. The van der Waals surface area contributed by atoms with Gasteiger partial charge in [0, 0.05) is 22.9 Å². The zero-order valence-electron chi connectivity index (χ0n) is 17.1. The van der Waals surface area contributed by atoms with E-state index >= 15 is 4.39 Å². The second-order valence-corrected chi connectivity index (χ2v) is 8.10. The molecule has 2 aromatic carbocycles. The van der Waals surface area contributed by atoms with Gasteiger partial charge in [-0.15, -0.1) is 0 Å². The highest BCUT2D eigenvalue weighted by molar-refractivity contribution is 7.88. The van der Waals surface area contributed by atoms with Crippen LogP contribution in [0, 0.1) is 12.7 Å². The summed E-state index contributed by atoms with van der Waals surface area (Å²) in [4.78, 5) is 12.6. The molecule has 11 heteroatoms. The molecule has 0 amide bonds. The summed E-state index contributed by atoms with van der Waals surface area (Å²) in [5, 5.41) is -0.436. The summed E-state index contributed by atoms with van der Waals surface area (Å²) >= 11 is 0. The Bertz CT molecular complexity index is 1050. The van der Waals surface area contributed by atoms with E-state index in [0.717, 1.165) is 0 Å². The Kier molecular flexibility index (Phi) is 7.87. The van der Waals surface area contributed by atoms with Crippen LogP contribution in [0.1, 0.15) is 43.9 Å². The summed E-state index contributed by atoms with van der Waals surface area (Å²) in [5.74, 6) is -2.69. The lowest BCUT2D eigenvalue weighted by molar-refractivity contribution is -0.157. The highest BCUT2D eigenvalue weighted by Crippen LogP contribution is 2.42. The molecule has 0 radical (unpaired) electrons. The third-order valence-electron chi connectivity index (χ3n) is 4.41. The molecule has 0 bridgehead atoms. The van der Waals surface area contributed by atoms with Crippen LogP contribution in [-0.2, 0) is 24.4 Å². The summed E-state index contributed by atoms with van der Waals surface area (Å²) in [6.45, 7) is 4.45. The van der Waals surface area contributed by atoms with Crippen molar-refractivity contribution >= 4 is 26.9 Å². The highest BCUT2D eigenvalue weighted by Gasteiger charge is 2.49. The van der Waals surface area contributed by atoms with Gasteiger partial charge in [0.25, 0.3) is 0 Å². The molecule has 0 saturated carbocycles. The number of carbonyl (C=O) groups excluding carboxylic acids is 1. The standard InChI is InChI=1S/C20H22F4O6S/c1-4-6-11-29-18(19(25)28-5-2)15-12(3)16(21)13-9-7-8-10-14(13)17(15)30-31(26,27)20(22,23)24/h7-10,18H,4-6,11H2,1-3H3. The number of benzene rings is 2. The first kappa shape index (κ1) is 24.9. The zero-order valence-corrected chi connectivity index (χ0v) is 17.9. The number of hydrogen-bond donors (Lipinski definition) is 0. The van der Waals surface area contributed by atoms with Gasteiger partial charge in [0.1, 0.15) is 5.82 Å². The Morgan fingerprint density at radius 2 is 1.74 bits per heavy atom. The lowest BCUT2D eigenvalue weighted by atomic mass is 9.95. The highest BCUT2D eigenvalue weighted by atomic mass is 32.2. The Labute approximate surface area is 177 Å². The maximum Gasteiger partial charge on any atom is 0.534 e. The van der Waals surface area contributed by atoms with Crippen molar-refractivity contribution in [2.24, 2.45) is 0 Å². The van der Waals surface area contributed by atoms with Crippen molar-refractivity contribution in [2.45, 2.75) is 45.2 Å². The van der Waals surface area contributed by atoms with Gasteiger partial charge in [-0.1, -0.05) is 37.6 Å². The molecule has 2 rings (SSSR count). The van der Waals surface area contributed by atoms with Crippen LogP contribution in [-0.4, -0.2) is 33.1 Å². The molecule has 0 fully saturated rings. The van der Waals surface area contributed by atoms with Crippen molar-refractivity contribution in [3.05, 3.63) is 41.2 Å². The second-order valence-electron chi connectivity index (χ2n) is 6.57. The van der Waals surface area contributed by atoms with Crippen molar-refractivity contribution in [1.29, 1.82) is 0 Å². The van der Waals surface area contributed by atoms with Crippen LogP contribution < -0.4 is 4.18 Å². The minimum atomic E-state index is -6.12. The van der Waals surface area contributed by atoms with E-state index in [4.69, 9.17) is 9.47 Å².